The Hall–Kier alpha value is -1.04. The molecular weight excluding hydrogens is 287 g/mol. The largest absolute Gasteiger partial charge is 0.330 e. The van der Waals surface area contributed by atoms with Gasteiger partial charge in [-0.05, 0) is 26.2 Å². The molecular formula is C12H20Cl2N4O. The molecule has 0 bridgehead atoms. The van der Waals surface area contributed by atoms with E-state index in [0.717, 1.165) is 6.54 Å². The number of hydrogen-bond donors (Lipinski definition) is 0. The maximum atomic E-state index is 12.1. The molecule has 0 unspecified atom stereocenters. The van der Waals surface area contributed by atoms with E-state index in [1.807, 2.05) is 19.0 Å². The van der Waals surface area contributed by atoms with Gasteiger partial charge in [0.25, 0.3) is 0 Å². The van der Waals surface area contributed by atoms with Crippen molar-refractivity contribution < 1.29 is 4.79 Å². The highest BCUT2D eigenvalue weighted by atomic mass is 35.5. The standard InChI is InChI=1S/C12H19ClN4O.ClH/c1-15(2)7-8-17(12(18)16(3)4)11-6-5-10(13)9-14-11;/h5-6,9H,7-8H2,1-4H3;1H. The van der Waals surface area contributed by atoms with Crippen molar-refractivity contribution in [1.29, 1.82) is 0 Å². The Balaban J connectivity index is 0.00000324. The lowest BCUT2D eigenvalue weighted by molar-refractivity contribution is 0.222. The van der Waals surface area contributed by atoms with Crippen LogP contribution in [-0.2, 0) is 0 Å². The number of nitrogens with zero attached hydrogens (tertiary/aromatic N) is 4. The Morgan fingerprint density at radius 2 is 1.84 bits per heavy atom. The third-order valence-electron chi connectivity index (χ3n) is 2.37. The highest BCUT2D eigenvalue weighted by Gasteiger charge is 2.18. The topological polar surface area (TPSA) is 39.7 Å². The molecule has 1 rings (SSSR count). The van der Waals surface area contributed by atoms with Gasteiger partial charge >= 0.3 is 6.03 Å². The third-order valence-corrected chi connectivity index (χ3v) is 2.60. The van der Waals surface area contributed by atoms with Gasteiger partial charge in [-0.1, -0.05) is 11.6 Å². The normalized spacial score (nSPS) is 10.0. The van der Waals surface area contributed by atoms with Crippen molar-refractivity contribution in [2.75, 3.05) is 46.2 Å². The van der Waals surface area contributed by atoms with Crippen LogP contribution in [0, 0.1) is 0 Å². The fourth-order valence-electron chi connectivity index (χ4n) is 1.38. The van der Waals surface area contributed by atoms with Gasteiger partial charge in [0, 0.05) is 33.4 Å². The van der Waals surface area contributed by atoms with E-state index in [1.54, 1.807) is 37.3 Å². The van der Waals surface area contributed by atoms with Crippen LogP contribution in [0.1, 0.15) is 0 Å². The molecule has 1 aromatic heterocycles. The van der Waals surface area contributed by atoms with Gasteiger partial charge in [0.1, 0.15) is 5.82 Å². The second-order valence-electron chi connectivity index (χ2n) is 4.47. The van der Waals surface area contributed by atoms with Crippen molar-refractivity contribution in [3.63, 3.8) is 0 Å². The Morgan fingerprint density at radius 3 is 2.26 bits per heavy atom. The number of carbonyl (C=O) groups excluding carboxylic acids is 1. The molecule has 7 heteroatoms. The number of halogens is 2. The summed E-state index contributed by atoms with van der Waals surface area (Å²) >= 11 is 5.80. The molecule has 1 aromatic rings. The average Bonchev–Trinajstić information content (AvgIpc) is 2.30. The molecule has 0 atom stereocenters. The van der Waals surface area contributed by atoms with Gasteiger partial charge in [0.15, 0.2) is 0 Å². The number of hydrogen-bond acceptors (Lipinski definition) is 3. The van der Waals surface area contributed by atoms with Gasteiger partial charge < -0.3 is 9.80 Å². The van der Waals surface area contributed by atoms with E-state index in [1.165, 1.54) is 4.90 Å². The molecule has 0 fully saturated rings. The van der Waals surface area contributed by atoms with E-state index in [9.17, 15) is 4.79 Å². The molecule has 0 aromatic carbocycles. The lowest BCUT2D eigenvalue weighted by Crippen LogP contribution is -2.43. The summed E-state index contributed by atoms with van der Waals surface area (Å²) in [6.45, 7) is 1.35. The summed E-state index contributed by atoms with van der Waals surface area (Å²) in [6.07, 6.45) is 1.54. The Bertz CT molecular complexity index is 395. The minimum absolute atomic E-state index is 0. The molecule has 0 aliphatic carbocycles. The summed E-state index contributed by atoms with van der Waals surface area (Å²) in [5, 5.41) is 0.559. The molecule has 19 heavy (non-hydrogen) atoms. The van der Waals surface area contributed by atoms with E-state index in [-0.39, 0.29) is 18.4 Å². The van der Waals surface area contributed by atoms with Crippen molar-refractivity contribution in [1.82, 2.24) is 14.8 Å². The van der Waals surface area contributed by atoms with E-state index in [0.29, 0.717) is 17.4 Å². The summed E-state index contributed by atoms with van der Waals surface area (Å²) in [6, 6.07) is 3.39. The number of urea groups is 1. The predicted octanol–water partition coefficient (Wildman–Crippen LogP) is 2.21. The first-order valence-corrected chi connectivity index (χ1v) is 6.04. The van der Waals surface area contributed by atoms with Crippen molar-refractivity contribution in [2.24, 2.45) is 0 Å². The Kier molecular flexibility index (Phi) is 7.75. The van der Waals surface area contributed by atoms with Crippen LogP contribution in [0.4, 0.5) is 10.6 Å². The fourth-order valence-corrected chi connectivity index (χ4v) is 1.49. The first-order chi connectivity index (χ1) is 8.41. The van der Waals surface area contributed by atoms with Gasteiger partial charge in [-0.2, -0.15) is 0 Å². The van der Waals surface area contributed by atoms with Crippen molar-refractivity contribution in [3.8, 4) is 0 Å². The number of carbonyl (C=O) groups is 1. The van der Waals surface area contributed by atoms with Gasteiger partial charge in [-0.3, -0.25) is 4.90 Å². The zero-order valence-corrected chi connectivity index (χ0v) is 13.2. The summed E-state index contributed by atoms with van der Waals surface area (Å²) in [7, 11) is 7.38. The average molecular weight is 307 g/mol. The van der Waals surface area contributed by atoms with Crippen LogP contribution in [-0.4, -0.2) is 62.1 Å². The summed E-state index contributed by atoms with van der Waals surface area (Å²) in [5.41, 5.74) is 0. The first kappa shape index (κ1) is 18.0. The van der Waals surface area contributed by atoms with Crippen LogP contribution in [0.25, 0.3) is 0 Å². The first-order valence-electron chi connectivity index (χ1n) is 5.67. The highest BCUT2D eigenvalue weighted by molar-refractivity contribution is 6.30. The number of rotatable bonds is 4. The van der Waals surface area contributed by atoms with Gasteiger partial charge in [-0.25, -0.2) is 9.78 Å². The number of pyridine rings is 1. The minimum Gasteiger partial charge on any atom is -0.330 e. The van der Waals surface area contributed by atoms with Crippen molar-refractivity contribution >= 4 is 35.9 Å². The van der Waals surface area contributed by atoms with Crippen LogP contribution < -0.4 is 4.90 Å². The van der Waals surface area contributed by atoms with E-state index >= 15 is 0 Å². The number of aromatic nitrogens is 1. The van der Waals surface area contributed by atoms with E-state index < -0.39 is 0 Å². The predicted molar refractivity (Wildman–Crippen MR) is 81.5 cm³/mol. The summed E-state index contributed by atoms with van der Waals surface area (Å²) < 4.78 is 0. The SMILES string of the molecule is CN(C)CCN(C(=O)N(C)C)c1ccc(Cl)cn1.Cl. The van der Waals surface area contributed by atoms with Crippen LogP contribution in [0.3, 0.4) is 0 Å². The molecule has 1 heterocycles. The van der Waals surface area contributed by atoms with Crippen LogP contribution in [0.5, 0.6) is 0 Å². The molecule has 108 valence electrons. The van der Waals surface area contributed by atoms with Gasteiger partial charge in [-0.15, -0.1) is 12.4 Å². The smallest absolute Gasteiger partial charge is 0.325 e. The molecule has 0 saturated heterocycles. The zero-order valence-electron chi connectivity index (χ0n) is 11.6. The fraction of sp³-hybridized carbons (Fsp3) is 0.500. The minimum atomic E-state index is -0.0910. The second-order valence-corrected chi connectivity index (χ2v) is 4.90. The quantitative estimate of drug-likeness (QED) is 0.856. The van der Waals surface area contributed by atoms with Gasteiger partial charge in [0.05, 0.1) is 5.02 Å². The lowest BCUT2D eigenvalue weighted by Gasteiger charge is -2.26. The van der Waals surface area contributed by atoms with Gasteiger partial charge in [0.2, 0.25) is 0 Å². The second kappa shape index (κ2) is 8.19. The molecule has 0 saturated carbocycles. The highest BCUT2D eigenvalue weighted by Crippen LogP contribution is 2.15. The summed E-state index contributed by atoms with van der Waals surface area (Å²) in [4.78, 5) is 21.5. The molecule has 0 aliphatic rings. The molecule has 0 aliphatic heterocycles. The maximum absolute atomic E-state index is 12.1. The van der Waals surface area contributed by atoms with E-state index in [2.05, 4.69) is 4.98 Å². The van der Waals surface area contributed by atoms with Crippen molar-refractivity contribution in [2.45, 2.75) is 0 Å². The van der Waals surface area contributed by atoms with Crippen LogP contribution in [0.15, 0.2) is 18.3 Å². The van der Waals surface area contributed by atoms with Crippen LogP contribution >= 0.6 is 24.0 Å². The molecule has 5 nitrogen and oxygen atoms in total. The maximum Gasteiger partial charge on any atom is 0.325 e. The number of likely N-dealkylation sites (N-methyl/N-ethyl adjacent to an activating group) is 1. The molecule has 0 N–H and O–H groups in total. The summed E-state index contributed by atoms with van der Waals surface area (Å²) in [5.74, 6) is 0.611. The molecule has 0 spiro atoms. The van der Waals surface area contributed by atoms with Crippen LogP contribution in [0.2, 0.25) is 5.02 Å². The third kappa shape index (κ3) is 5.63. The lowest BCUT2D eigenvalue weighted by atomic mass is 10.4. The zero-order chi connectivity index (χ0) is 13.7. The van der Waals surface area contributed by atoms with Crippen molar-refractivity contribution in [3.05, 3.63) is 23.4 Å². The molecule has 2 amide bonds. The number of amides is 2. The number of anilines is 1. The Labute approximate surface area is 125 Å². The monoisotopic (exact) mass is 306 g/mol. The Morgan fingerprint density at radius 1 is 1.21 bits per heavy atom. The van der Waals surface area contributed by atoms with E-state index in [4.69, 9.17) is 11.6 Å². The molecule has 0 radical (unpaired) electrons.